The number of benzene rings is 2. The van der Waals surface area contributed by atoms with E-state index in [2.05, 4.69) is 5.10 Å². The van der Waals surface area contributed by atoms with E-state index in [1.807, 2.05) is 0 Å². The lowest BCUT2D eigenvalue weighted by Crippen LogP contribution is -2.11. The molecule has 0 spiro atoms. The lowest BCUT2D eigenvalue weighted by Gasteiger charge is -2.21. The molecule has 0 N–H and O–H groups in total. The van der Waals surface area contributed by atoms with Crippen LogP contribution in [0.5, 0.6) is 0 Å². The monoisotopic (exact) mass is 402 g/mol. The Morgan fingerprint density at radius 2 is 2.00 bits per heavy atom. The van der Waals surface area contributed by atoms with Crippen molar-refractivity contribution in [1.82, 2.24) is 9.78 Å². The third-order valence-electron chi connectivity index (χ3n) is 4.41. The molecule has 1 atom stereocenters. The van der Waals surface area contributed by atoms with Gasteiger partial charge in [-0.3, -0.25) is 4.68 Å². The molecule has 0 aliphatic rings. The summed E-state index contributed by atoms with van der Waals surface area (Å²) >= 11 is 6.24. The second-order valence-electron chi connectivity index (χ2n) is 6.12. The van der Waals surface area contributed by atoms with Crippen molar-refractivity contribution in [3.63, 3.8) is 0 Å². The molecular formula is C21H20ClFN2O3. The van der Waals surface area contributed by atoms with Gasteiger partial charge in [0.2, 0.25) is 0 Å². The summed E-state index contributed by atoms with van der Waals surface area (Å²) in [6.07, 6.45) is 0.733. The number of halogens is 2. The minimum absolute atomic E-state index is 0.247. The van der Waals surface area contributed by atoms with Crippen molar-refractivity contribution in [2.24, 2.45) is 7.05 Å². The summed E-state index contributed by atoms with van der Waals surface area (Å²) < 4.78 is 26.8. The Morgan fingerprint density at radius 3 is 2.68 bits per heavy atom. The van der Waals surface area contributed by atoms with Crippen LogP contribution in [0.25, 0.3) is 11.3 Å². The van der Waals surface area contributed by atoms with Crippen LogP contribution in [0.1, 0.15) is 34.5 Å². The summed E-state index contributed by atoms with van der Waals surface area (Å²) in [6, 6.07) is 11.6. The van der Waals surface area contributed by atoms with Crippen LogP contribution in [0, 0.1) is 5.82 Å². The van der Waals surface area contributed by atoms with Gasteiger partial charge in [-0.05, 0) is 30.7 Å². The number of aromatic nitrogens is 2. The highest BCUT2D eigenvalue weighted by atomic mass is 35.5. The summed E-state index contributed by atoms with van der Waals surface area (Å²) in [5.41, 5.74) is 2.50. The predicted molar refractivity (Wildman–Crippen MR) is 105 cm³/mol. The number of aryl methyl sites for hydroxylation is 1. The first-order chi connectivity index (χ1) is 13.5. The van der Waals surface area contributed by atoms with Crippen molar-refractivity contribution >= 4 is 17.6 Å². The van der Waals surface area contributed by atoms with Gasteiger partial charge in [-0.25, -0.2) is 9.18 Å². The Hall–Kier alpha value is -2.70. The average Bonchev–Trinajstić information content (AvgIpc) is 3.06. The van der Waals surface area contributed by atoms with Crippen molar-refractivity contribution in [2.45, 2.75) is 13.0 Å². The van der Waals surface area contributed by atoms with Gasteiger partial charge in [-0.15, -0.1) is 0 Å². The molecule has 0 fully saturated rings. The number of hydrogen-bond donors (Lipinski definition) is 0. The van der Waals surface area contributed by atoms with Gasteiger partial charge in [0.25, 0.3) is 0 Å². The Bertz CT molecular complexity index is 1000. The normalized spacial score (nSPS) is 12.0. The molecule has 0 saturated carbocycles. The van der Waals surface area contributed by atoms with Crippen LogP contribution in [-0.2, 0) is 16.5 Å². The van der Waals surface area contributed by atoms with Crippen LogP contribution in [0.3, 0.4) is 0 Å². The molecule has 3 rings (SSSR count). The quantitative estimate of drug-likeness (QED) is 0.556. The first-order valence-corrected chi connectivity index (χ1v) is 9.11. The van der Waals surface area contributed by atoms with Crippen molar-refractivity contribution in [2.75, 3.05) is 13.7 Å². The maximum Gasteiger partial charge on any atom is 0.341 e. The van der Waals surface area contributed by atoms with Gasteiger partial charge >= 0.3 is 5.97 Å². The SMILES string of the molecule is CCOC(=O)c1cnn(C)c1-c1ccc(Cl)cc1C(OC)c1ccccc1F. The van der Waals surface area contributed by atoms with Crippen LogP contribution >= 0.6 is 11.6 Å². The lowest BCUT2D eigenvalue weighted by molar-refractivity contribution is 0.0527. The minimum Gasteiger partial charge on any atom is -0.462 e. The van der Waals surface area contributed by atoms with Crippen LogP contribution in [0.4, 0.5) is 4.39 Å². The van der Waals surface area contributed by atoms with Crippen molar-refractivity contribution in [1.29, 1.82) is 0 Å². The molecule has 7 heteroatoms. The molecule has 1 unspecified atom stereocenters. The number of ether oxygens (including phenoxy) is 2. The topological polar surface area (TPSA) is 53.3 Å². The Morgan fingerprint density at radius 1 is 1.25 bits per heavy atom. The highest BCUT2D eigenvalue weighted by Crippen LogP contribution is 2.37. The number of carbonyl (C=O) groups is 1. The number of methoxy groups -OCH3 is 1. The molecule has 146 valence electrons. The molecule has 0 saturated heterocycles. The zero-order chi connectivity index (χ0) is 20.3. The molecule has 0 aliphatic carbocycles. The van der Waals surface area contributed by atoms with Crippen molar-refractivity contribution in [3.8, 4) is 11.3 Å². The molecular weight excluding hydrogens is 383 g/mol. The van der Waals surface area contributed by atoms with E-state index in [9.17, 15) is 9.18 Å². The number of esters is 1. The van der Waals surface area contributed by atoms with Gasteiger partial charge in [-0.2, -0.15) is 5.10 Å². The first-order valence-electron chi connectivity index (χ1n) is 8.74. The van der Waals surface area contributed by atoms with Crippen LogP contribution in [-0.4, -0.2) is 29.5 Å². The fraction of sp³-hybridized carbons (Fsp3) is 0.238. The average molecular weight is 403 g/mol. The van der Waals surface area contributed by atoms with E-state index in [4.69, 9.17) is 21.1 Å². The van der Waals surface area contributed by atoms with E-state index in [1.165, 1.54) is 19.4 Å². The zero-order valence-electron chi connectivity index (χ0n) is 15.8. The molecule has 0 aliphatic heterocycles. The molecule has 2 aromatic carbocycles. The summed E-state index contributed by atoms with van der Waals surface area (Å²) in [5, 5.41) is 4.67. The largest absolute Gasteiger partial charge is 0.462 e. The molecule has 5 nitrogen and oxygen atoms in total. The summed E-state index contributed by atoms with van der Waals surface area (Å²) in [7, 11) is 3.22. The lowest BCUT2D eigenvalue weighted by atomic mass is 9.93. The maximum atomic E-state index is 14.5. The van der Waals surface area contributed by atoms with Gasteiger partial charge in [0.1, 0.15) is 17.5 Å². The standard InChI is InChI=1S/C21H20ClFN2O3/c1-4-28-21(26)17-12-24-25(2)19(17)14-10-9-13(22)11-16(14)20(27-3)15-7-5-6-8-18(15)23/h5-12,20H,4H2,1-3H3. The van der Waals surface area contributed by atoms with Gasteiger partial charge in [0.15, 0.2) is 0 Å². The Kier molecular flexibility index (Phi) is 6.11. The zero-order valence-corrected chi connectivity index (χ0v) is 16.5. The molecule has 28 heavy (non-hydrogen) atoms. The molecule has 1 aromatic heterocycles. The number of rotatable bonds is 6. The Balaban J connectivity index is 2.22. The highest BCUT2D eigenvalue weighted by molar-refractivity contribution is 6.30. The third kappa shape index (κ3) is 3.79. The highest BCUT2D eigenvalue weighted by Gasteiger charge is 2.26. The van der Waals surface area contributed by atoms with Crippen molar-refractivity contribution < 1.29 is 18.7 Å². The van der Waals surface area contributed by atoms with E-state index in [0.717, 1.165) is 0 Å². The summed E-state index contributed by atoms with van der Waals surface area (Å²) in [6.45, 7) is 1.98. The van der Waals surface area contributed by atoms with Gasteiger partial charge in [-0.1, -0.05) is 35.9 Å². The van der Waals surface area contributed by atoms with Crippen LogP contribution in [0.15, 0.2) is 48.7 Å². The first kappa shape index (κ1) is 20.0. The van der Waals surface area contributed by atoms with E-state index >= 15 is 0 Å². The van der Waals surface area contributed by atoms with E-state index in [0.29, 0.717) is 33.0 Å². The smallest absolute Gasteiger partial charge is 0.341 e. The third-order valence-corrected chi connectivity index (χ3v) is 4.64. The minimum atomic E-state index is -0.722. The maximum absolute atomic E-state index is 14.5. The van der Waals surface area contributed by atoms with Gasteiger partial charge in [0, 0.05) is 30.3 Å². The second kappa shape index (κ2) is 8.54. The number of carbonyl (C=O) groups excluding carboxylic acids is 1. The van der Waals surface area contributed by atoms with Gasteiger partial charge in [0.05, 0.1) is 18.5 Å². The molecule has 3 aromatic rings. The second-order valence-corrected chi connectivity index (χ2v) is 6.56. The molecule has 1 heterocycles. The van der Waals surface area contributed by atoms with E-state index < -0.39 is 17.9 Å². The number of hydrogen-bond acceptors (Lipinski definition) is 4. The summed E-state index contributed by atoms with van der Waals surface area (Å²) in [5.74, 6) is -0.873. The Labute approximate surface area is 167 Å². The molecule has 0 amide bonds. The fourth-order valence-electron chi connectivity index (χ4n) is 3.19. The number of nitrogens with zero attached hydrogens (tertiary/aromatic N) is 2. The van der Waals surface area contributed by atoms with E-state index in [1.54, 1.807) is 55.1 Å². The van der Waals surface area contributed by atoms with Crippen molar-refractivity contribution in [3.05, 3.63) is 76.2 Å². The summed E-state index contributed by atoms with van der Waals surface area (Å²) in [4.78, 5) is 12.4. The molecule has 0 bridgehead atoms. The van der Waals surface area contributed by atoms with E-state index in [-0.39, 0.29) is 6.61 Å². The predicted octanol–water partition coefficient (Wildman–Crippen LogP) is 4.79. The van der Waals surface area contributed by atoms with Crippen LogP contribution < -0.4 is 0 Å². The van der Waals surface area contributed by atoms with Gasteiger partial charge < -0.3 is 9.47 Å². The molecule has 0 radical (unpaired) electrons. The fourth-order valence-corrected chi connectivity index (χ4v) is 3.37. The van der Waals surface area contributed by atoms with Crippen LogP contribution in [0.2, 0.25) is 5.02 Å².